The van der Waals surface area contributed by atoms with Crippen molar-refractivity contribution in [3.05, 3.63) is 41.2 Å². The fraction of sp³-hybridized carbons (Fsp3) is 0.357. The van der Waals surface area contributed by atoms with Crippen LogP contribution in [0, 0.1) is 13.8 Å². The number of aryl methyl sites for hydroxylation is 2. The maximum absolute atomic E-state index is 5.32. The third-order valence-electron chi connectivity index (χ3n) is 3.22. The first kappa shape index (κ1) is 12.5. The lowest BCUT2D eigenvalue weighted by Gasteiger charge is -2.11. The van der Waals surface area contributed by atoms with Crippen molar-refractivity contribution in [3.8, 4) is 5.75 Å². The second-order valence-electron chi connectivity index (χ2n) is 4.33. The minimum atomic E-state index is 0.756. The molecule has 0 bridgehead atoms. The van der Waals surface area contributed by atoms with E-state index in [-0.39, 0.29) is 0 Å². The van der Waals surface area contributed by atoms with Gasteiger partial charge in [-0.25, -0.2) is 0 Å². The van der Waals surface area contributed by atoms with E-state index in [4.69, 9.17) is 4.74 Å². The first-order valence-electron chi connectivity index (χ1n) is 5.99. The van der Waals surface area contributed by atoms with Crippen LogP contribution in [-0.4, -0.2) is 16.9 Å². The van der Waals surface area contributed by atoms with Gasteiger partial charge in [-0.2, -0.15) is 5.10 Å². The minimum Gasteiger partial charge on any atom is -0.495 e. The Hall–Kier alpha value is -1.97. The van der Waals surface area contributed by atoms with Crippen LogP contribution in [0.15, 0.2) is 24.3 Å². The highest BCUT2D eigenvalue weighted by Crippen LogP contribution is 2.24. The SMILES string of the molecule is COc1ccccc1NCc1c(C)nn(C)c1C. The van der Waals surface area contributed by atoms with Gasteiger partial charge in [-0.05, 0) is 26.0 Å². The molecule has 1 aromatic carbocycles. The molecule has 0 atom stereocenters. The number of methoxy groups -OCH3 is 1. The van der Waals surface area contributed by atoms with Crippen molar-refractivity contribution in [2.75, 3.05) is 12.4 Å². The molecule has 0 aliphatic rings. The largest absolute Gasteiger partial charge is 0.495 e. The third kappa shape index (κ3) is 2.32. The molecule has 1 N–H and O–H groups in total. The Kier molecular flexibility index (Phi) is 3.55. The van der Waals surface area contributed by atoms with E-state index >= 15 is 0 Å². The molecule has 0 unspecified atom stereocenters. The Morgan fingerprint density at radius 2 is 2.00 bits per heavy atom. The van der Waals surface area contributed by atoms with Crippen molar-refractivity contribution in [1.29, 1.82) is 0 Å². The molecule has 2 rings (SSSR count). The summed E-state index contributed by atoms with van der Waals surface area (Å²) in [5.41, 5.74) is 4.50. The molecule has 0 amide bonds. The summed E-state index contributed by atoms with van der Waals surface area (Å²) in [5, 5.41) is 7.81. The number of nitrogens with zero attached hydrogens (tertiary/aromatic N) is 2. The van der Waals surface area contributed by atoms with Gasteiger partial charge in [0.05, 0.1) is 18.5 Å². The number of benzene rings is 1. The summed E-state index contributed by atoms with van der Waals surface area (Å²) < 4.78 is 7.23. The number of ether oxygens (including phenoxy) is 1. The quantitative estimate of drug-likeness (QED) is 0.900. The van der Waals surface area contributed by atoms with Crippen LogP contribution < -0.4 is 10.1 Å². The van der Waals surface area contributed by atoms with Crippen LogP contribution in [-0.2, 0) is 13.6 Å². The summed E-state index contributed by atoms with van der Waals surface area (Å²) in [6, 6.07) is 7.92. The van der Waals surface area contributed by atoms with Crippen molar-refractivity contribution in [1.82, 2.24) is 9.78 Å². The average molecular weight is 245 g/mol. The molecule has 0 fully saturated rings. The van der Waals surface area contributed by atoms with Crippen LogP contribution in [0.3, 0.4) is 0 Å². The van der Waals surface area contributed by atoms with Gasteiger partial charge in [-0.1, -0.05) is 12.1 Å². The van der Waals surface area contributed by atoms with Gasteiger partial charge in [0.2, 0.25) is 0 Å². The highest BCUT2D eigenvalue weighted by Gasteiger charge is 2.09. The van der Waals surface area contributed by atoms with Crippen LogP contribution in [0.25, 0.3) is 0 Å². The molecule has 4 nitrogen and oxygen atoms in total. The molecule has 0 saturated heterocycles. The predicted octanol–water partition coefficient (Wildman–Crippen LogP) is 2.66. The van der Waals surface area contributed by atoms with Gasteiger partial charge in [0.1, 0.15) is 5.75 Å². The van der Waals surface area contributed by atoms with Crippen molar-refractivity contribution in [2.24, 2.45) is 7.05 Å². The number of rotatable bonds is 4. The summed E-state index contributed by atoms with van der Waals surface area (Å²) in [5.74, 6) is 0.858. The summed E-state index contributed by atoms with van der Waals surface area (Å²) in [4.78, 5) is 0. The van der Waals surface area contributed by atoms with Gasteiger partial charge in [0.25, 0.3) is 0 Å². The lowest BCUT2D eigenvalue weighted by atomic mass is 10.2. The van der Waals surface area contributed by atoms with E-state index < -0.39 is 0 Å². The number of anilines is 1. The molecule has 0 aliphatic carbocycles. The van der Waals surface area contributed by atoms with Crippen LogP contribution in [0.1, 0.15) is 17.0 Å². The smallest absolute Gasteiger partial charge is 0.141 e. The number of hydrogen-bond donors (Lipinski definition) is 1. The minimum absolute atomic E-state index is 0.756. The van der Waals surface area contributed by atoms with Gasteiger partial charge < -0.3 is 10.1 Å². The van der Waals surface area contributed by atoms with E-state index in [1.54, 1.807) is 7.11 Å². The Morgan fingerprint density at radius 3 is 2.61 bits per heavy atom. The van der Waals surface area contributed by atoms with E-state index in [1.807, 2.05) is 42.9 Å². The Labute approximate surface area is 108 Å². The molecule has 1 heterocycles. The first-order chi connectivity index (χ1) is 8.63. The summed E-state index contributed by atoms with van der Waals surface area (Å²) in [6.45, 7) is 4.87. The van der Waals surface area contributed by atoms with Crippen LogP contribution in [0.5, 0.6) is 5.75 Å². The number of nitrogens with one attached hydrogen (secondary N) is 1. The maximum Gasteiger partial charge on any atom is 0.141 e. The zero-order valence-electron chi connectivity index (χ0n) is 11.3. The second kappa shape index (κ2) is 5.12. The maximum atomic E-state index is 5.32. The topological polar surface area (TPSA) is 39.1 Å². The average Bonchev–Trinajstić information content (AvgIpc) is 2.62. The van der Waals surface area contributed by atoms with Crippen LogP contribution in [0.4, 0.5) is 5.69 Å². The Morgan fingerprint density at radius 1 is 1.28 bits per heavy atom. The van der Waals surface area contributed by atoms with Crippen molar-refractivity contribution in [2.45, 2.75) is 20.4 Å². The van der Waals surface area contributed by atoms with Crippen molar-refractivity contribution in [3.63, 3.8) is 0 Å². The Bertz CT molecular complexity index is 546. The lowest BCUT2D eigenvalue weighted by Crippen LogP contribution is -2.03. The molecule has 96 valence electrons. The van der Waals surface area contributed by atoms with E-state index in [0.29, 0.717) is 0 Å². The molecule has 2 aromatic rings. The van der Waals surface area contributed by atoms with E-state index in [9.17, 15) is 0 Å². The zero-order valence-corrected chi connectivity index (χ0v) is 11.3. The van der Waals surface area contributed by atoms with Crippen LogP contribution >= 0.6 is 0 Å². The lowest BCUT2D eigenvalue weighted by molar-refractivity contribution is 0.416. The van der Waals surface area contributed by atoms with E-state index in [1.165, 1.54) is 11.3 Å². The summed E-state index contributed by atoms with van der Waals surface area (Å²) in [7, 11) is 3.65. The normalized spacial score (nSPS) is 10.4. The second-order valence-corrected chi connectivity index (χ2v) is 4.33. The van der Waals surface area contributed by atoms with Crippen molar-refractivity contribution >= 4 is 5.69 Å². The molecule has 0 spiro atoms. The third-order valence-corrected chi connectivity index (χ3v) is 3.22. The molecule has 0 saturated carbocycles. The Balaban J connectivity index is 2.16. The molecular weight excluding hydrogens is 226 g/mol. The van der Waals surface area contributed by atoms with E-state index in [2.05, 4.69) is 17.3 Å². The fourth-order valence-corrected chi connectivity index (χ4v) is 2.05. The predicted molar refractivity (Wildman–Crippen MR) is 73.0 cm³/mol. The van der Waals surface area contributed by atoms with Gasteiger partial charge in [0.15, 0.2) is 0 Å². The van der Waals surface area contributed by atoms with E-state index in [0.717, 1.165) is 23.7 Å². The monoisotopic (exact) mass is 245 g/mol. The molecule has 4 heteroatoms. The molecule has 18 heavy (non-hydrogen) atoms. The summed E-state index contributed by atoms with van der Waals surface area (Å²) in [6.07, 6.45) is 0. The summed E-state index contributed by atoms with van der Waals surface area (Å²) >= 11 is 0. The van der Waals surface area contributed by atoms with Gasteiger partial charge in [-0.3, -0.25) is 4.68 Å². The van der Waals surface area contributed by atoms with Gasteiger partial charge in [-0.15, -0.1) is 0 Å². The van der Waals surface area contributed by atoms with Crippen molar-refractivity contribution < 1.29 is 4.74 Å². The number of aromatic nitrogens is 2. The molecular formula is C14H19N3O. The highest BCUT2D eigenvalue weighted by atomic mass is 16.5. The fourth-order valence-electron chi connectivity index (χ4n) is 2.05. The molecule has 0 radical (unpaired) electrons. The van der Waals surface area contributed by atoms with Gasteiger partial charge >= 0.3 is 0 Å². The number of hydrogen-bond acceptors (Lipinski definition) is 3. The van der Waals surface area contributed by atoms with Crippen LogP contribution in [0.2, 0.25) is 0 Å². The standard InChI is InChI=1S/C14H19N3O/c1-10-12(11(2)17(3)16-10)9-15-13-7-5-6-8-14(13)18-4/h5-8,15H,9H2,1-4H3. The first-order valence-corrected chi connectivity index (χ1v) is 5.99. The van der Waals surface area contributed by atoms with Gasteiger partial charge in [0, 0.05) is 24.8 Å². The molecule has 0 aliphatic heterocycles. The highest BCUT2D eigenvalue weighted by molar-refractivity contribution is 5.56. The molecule has 1 aromatic heterocycles. The zero-order chi connectivity index (χ0) is 13.1. The number of para-hydroxylation sites is 2.